The Morgan fingerprint density at radius 3 is 2.58 bits per heavy atom. The number of hydrogen-bond donors (Lipinski definition) is 1. The predicted octanol–water partition coefficient (Wildman–Crippen LogP) is 3.16. The summed E-state index contributed by atoms with van der Waals surface area (Å²) in [5.74, 6) is -1.22. The first-order chi connectivity index (χ1) is 11.3. The van der Waals surface area contributed by atoms with Gasteiger partial charge >= 0.3 is 5.97 Å². The van der Waals surface area contributed by atoms with Crippen LogP contribution >= 0.6 is 11.6 Å². The fourth-order valence-electron chi connectivity index (χ4n) is 2.38. The molecule has 0 fully saturated rings. The van der Waals surface area contributed by atoms with E-state index in [1.165, 1.54) is 4.90 Å². The number of carbonyl (C=O) groups excluding carboxylic acids is 1. The van der Waals surface area contributed by atoms with Crippen molar-refractivity contribution in [1.82, 2.24) is 14.7 Å². The molecule has 1 N–H and O–H groups in total. The summed E-state index contributed by atoms with van der Waals surface area (Å²) in [6.45, 7) is 5.63. The molecular weight excluding hydrogens is 330 g/mol. The van der Waals surface area contributed by atoms with Crippen LogP contribution in [0.15, 0.2) is 30.5 Å². The van der Waals surface area contributed by atoms with E-state index in [2.05, 4.69) is 5.10 Å². The molecule has 0 aliphatic rings. The lowest BCUT2D eigenvalue weighted by atomic mass is 10.2. The number of aryl methyl sites for hydroxylation is 1. The van der Waals surface area contributed by atoms with Gasteiger partial charge in [-0.25, -0.2) is 4.68 Å². The molecule has 24 heavy (non-hydrogen) atoms. The summed E-state index contributed by atoms with van der Waals surface area (Å²) in [4.78, 5) is 25.1. The number of benzene rings is 1. The molecule has 1 amide bonds. The SMILES string of the molecule is Cc1cn(-c2ccccc2Cl)nc1C(=O)N(CCC(=O)O)C(C)C. The van der Waals surface area contributed by atoms with Gasteiger partial charge in [0.05, 0.1) is 17.1 Å². The van der Waals surface area contributed by atoms with E-state index >= 15 is 0 Å². The zero-order valence-corrected chi connectivity index (χ0v) is 14.6. The standard InChI is InChI=1S/C17H20ClN3O3/c1-11(2)20(9-8-15(22)23)17(24)16-12(3)10-21(19-16)14-7-5-4-6-13(14)18/h4-7,10-11H,8-9H2,1-3H3,(H,22,23). The van der Waals surface area contributed by atoms with Crippen molar-refractivity contribution >= 4 is 23.5 Å². The number of amides is 1. The van der Waals surface area contributed by atoms with Crippen molar-refractivity contribution in [2.45, 2.75) is 33.2 Å². The Morgan fingerprint density at radius 1 is 1.33 bits per heavy atom. The smallest absolute Gasteiger partial charge is 0.305 e. The van der Waals surface area contributed by atoms with Gasteiger partial charge in [0, 0.05) is 24.3 Å². The van der Waals surface area contributed by atoms with Gasteiger partial charge in [-0.3, -0.25) is 9.59 Å². The fraction of sp³-hybridized carbons (Fsp3) is 0.353. The summed E-state index contributed by atoms with van der Waals surface area (Å²) < 4.78 is 1.57. The molecule has 0 unspecified atom stereocenters. The van der Waals surface area contributed by atoms with Crippen molar-refractivity contribution in [3.8, 4) is 5.69 Å². The molecule has 0 atom stereocenters. The minimum absolute atomic E-state index is 0.103. The maximum atomic E-state index is 12.8. The average molecular weight is 350 g/mol. The highest BCUT2D eigenvalue weighted by Gasteiger charge is 2.24. The monoisotopic (exact) mass is 349 g/mol. The zero-order valence-electron chi connectivity index (χ0n) is 13.9. The lowest BCUT2D eigenvalue weighted by molar-refractivity contribution is -0.137. The lowest BCUT2D eigenvalue weighted by Crippen LogP contribution is -2.39. The number of carboxylic acids is 1. The van der Waals surface area contributed by atoms with Crippen molar-refractivity contribution in [3.05, 3.63) is 46.7 Å². The van der Waals surface area contributed by atoms with Gasteiger partial charge in [0.15, 0.2) is 5.69 Å². The molecule has 0 saturated heterocycles. The second kappa shape index (κ2) is 7.49. The first-order valence-corrected chi connectivity index (χ1v) is 8.03. The summed E-state index contributed by atoms with van der Waals surface area (Å²) in [6.07, 6.45) is 1.64. The first kappa shape index (κ1) is 18.0. The molecule has 6 nitrogen and oxygen atoms in total. The fourth-order valence-corrected chi connectivity index (χ4v) is 2.60. The lowest BCUT2D eigenvalue weighted by Gasteiger charge is -2.25. The van der Waals surface area contributed by atoms with E-state index < -0.39 is 5.97 Å². The van der Waals surface area contributed by atoms with Crippen LogP contribution in [-0.2, 0) is 4.79 Å². The van der Waals surface area contributed by atoms with E-state index in [4.69, 9.17) is 16.7 Å². The molecule has 7 heteroatoms. The molecule has 0 aliphatic carbocycles. The summed E-state index contributed by atoms with van der Waals surface area (Å²) >= 11 is 6.18. The molecule has 0 radical (unpaired) electrons. The van der Waals surface area contributed by atoms with Crippen molar-refractivity contribution in [2.24, 2.45) is 0 Å². The van der Waals surface area contributed by atoms with Gasteiger partial charge in [0.25, 0.3) is 5.91 Å². The molecule has 2 rings (SSSR count). The maximum absolute atomic E-state index is 12.8. The zero-order chi connectivity index (χ0) is 17.9. The first-order valence-electron chi connectivity index (χ1n) is 7.65. The Bertz CT molecular complexity index is 755. The number of aromatic nitrogens is 2. The number of halogens is 1. The van der Waals surface area contributed by atoms with E-state index in [-0.39, 0.29) is 24.9 Å². The molecule has 0 bridgehead atoms. The largest absolute Gasteiger partial charge is 0.481 e. The number of nitrogens with zero attached hydrogens (tertiary/aromatic N) is 3. The second-order valence-electron chi connectivity index (χ2n) is 5.79. The molecule has 128 valence electrons. The topological polar surface area (TPSA) is 75.4 Å². The molecule has 1 heterocycles. The van der Waals surface area contributed by atoms with Crippen molar-refractivity contribution in [3.63, 3.8) is 0 Å². The summed E-state index contributed by atoms with van der Waals surface area (Å²) in [5.41, 5.74) is 1.69. The Balaban J connectivity index is 2.32. The highest BCUT2D eigenvalue weighted by Crippen LogP contribution is 2.21. The molecule has 0 aliphatic heterocycles. The van der Waals surface area contributed by atoms with Gasteiger partial charge in [-0.05, 0) is 32.9 Å². The normalized spacial score (nSPS) is 10.9. The highest BCUT2D eigenvalue weighted by molar-refractivity contribution is 6.32. The molecule has 2 aromatic rings. The third-order valence-corrected chi connectivity index (χ3v) is 3.97. The van der Waals surface area contributed by atoms with Crippen LogP contribution in [-0.4, -0.2) is 44.3 Å². The summed E-state index contributed by atoms with van der Waals surface area (Å²) in [6, 6.07) is 7.10. The highest BCUT2D eigenvalue weighted by atomic mass is 35.5. The van der Waals surface area contributed by atoms with Crippen molar-refractivity contribution < 1.29 is 14.7 Å². The van der Waals surface area contributed by atoms with Crippen LogP contribution in [0.2, 0.25) is 5.02 Å². The molecule has 0 spiro atoms. The Hall–Kier alpha value is -2.34. The van der Waals surface area contributed by atoms with Gasteiger partial charge in [-0.1, -0.05) is 23.7 Å². The quantitative estimate of drug-likeness (QED) is 0.869. The second-order valence-corrected chi connectivity index (χ2v) is 6.20. The number of carbonyl (C=O) groups is 2. The van der Waals surface area contributed by atoms with Crippen LogP contribution in [0.3, 0.4) is 0 Å². The predicted molar refractivity (Wildman–Crippen MR) is 91.7 cm³/mol. The van der Waals surface area contributed by atoms with Crippen LogP contribution in [0.4, 0.5) is 0 Å². The van der Waals surface area contributed by atoms with Crippen molar-refractivity contribution in [1.29, 1.82) is 0 Å². The molecule has 0 saturated carbocycles. The number of rotatable bonds is 6. The third kappa shape index (κ3) is 3.94. The average Bonchev–Trinajstić information content (AvgIpc) is 2.88. The number of para-hydroxylation sites is 1. The number of aliphatic carboxylic acids is 1. The van der Waals surface area contributed by atoms with Gasteiger partial charge < -0.3 is 10.0 Å². The van der Waals surface area contributed by atoms with Gasteiger partial charge in [0.1, 0.15) is 0 Å². The summed E-state index contributed by atoms with van der Waals surface area (Å²) in [7, 11) is 0. The van der Waals surface area contributed by atoms with Crippen molar-refractivity contribution in [2.75, 3.05) is 6.54 Å². The Morgan fingerprint density at radius 2 is 2.00 bits per heavy atom. The number of hydrogen-bond acceptors (Lipinski definition) is 3. The maximum Gasteiger partial charge on any atom is 0.305 e. The van der Waals surface area contributed by atoms with Gasteiger partial charge in [-0.15, -0.1) is 0 Å². The van der Waals surface area contributed by atoms with Gasteiger partial charge in [-0.2, -0.15) is 5.10 Å². The molecule has 1 aromatic carbocycles. The minimum atomic E-state index is -0.938. The van der Waals surface area contributed by atoms with E-state index in [1.54, 1.807) is 23.9 Å². The van der Waals surface area contributed by atoms with Crippen LogP contribution in [0.25, 0.3) is 5.69 Å². The van der Waals surface area contributed by atoms with Crippen LogP contribution in [0.1, 0.15) is 36.3 Å². The van der Waals surface area contributed by atoms with E-state index in [0.29, 0.717) is 22.0 Å². The number of carboxylic acid groups (broad SMARTS) is 1. The minimum Gasteiger partial charge on any atom is -0.481 e. The molecular formula is C17H20ClN3O3. The molecule has 1 aromatic heterocycles. The van der Waals surface area contributed by atoms with Crippen LogP contribution in [0.5, 0.6) is 0 Å². The van der Waals surface area contributed by atoms with Gasteiger partial charge in [0.2, 0.25) is 0 Å². The summed E-state index contributed by atoms with van der Waals surface area (Å²) in [5, 5.41) is 13.8. The van der Waals surface area contributed by atoms with E-state index in [9.17, 15) is 9.59 Å². The van der Waals surface area contributed by atoms with E-state index in [0.717, 1.165) is 0 Å². The van der Waals surface area contributed by atoms with Crippen LogP contribution in [0, 0.1) is 6.92 Å². The van der Waals surface area contributed by atoms with E-state index in [1.807, 2.05) is 32.0 Å². The third-order valence-electron chi connectivity index (χ3n) is 3.65. The van der Waals surface area contributed by atoms with Crippen LogP contribution < -0.4 is 0 Å². The Labute approximate surface area is 145 Å². The Kier molecular flexibility index (Phi) is 5.62.